The van der Waals surface area contributed by atoms with Crippen molar-refractivity contribution in [2.75, 3.05) is 0 Å². The summed E-state index contributed by atoms with van der Waals surface area (Å²) in [6.45, 7) is 4.19. The number of aryl methyl sites for hydroxylation is 1. The molecule has 2 aromatic heterocycles. The van der Waals surface area contributed by atoms with E-state index in [0.29, 0.717) is 0 Å². The van der Waals surface area contributed by atoms with Crippen LogP contribution in [0.1, 0.15) is 17.0 Å². The first-order valence-electron chi connectivity index (χ1n) is 5.25. The average Bonchev–Trinajstić information content (AvgIpc) is 2.56. The van der Waals surface area contributed by atoms with Crippen molar-refractivity contribution in [2.45, 2.75) is 13.8 Å². The third-order valence-corrected chi connectivity index (χ3v) is 2.81. The first-order valence-corrected chi connectivity index (χ1v) is 5.25. The summed E-state index contributed by atoms with van der Waals surface area (Å²) in [5.41, 5.74) is 4.50. The summed E-state index contributed by atoms with van der Waals surface area (Å²) in [5.74, 6) is 0. The van der Waals surface area contributed by atoms with Gasteiger partial charge in [0, 0.05) is 36.4 Å². The smallest absolute Gasteiger partial charge is 0.0813 e. The van der Waals surface area contributed by atoms with Crippen molar-refractivity contribution in [2.24, 2.45) is 12.0 Å². The second-order valence-electron chi connectivity index (χ2n) is 3.85. The van der Waals surface area contributed by atoms with Gasteiger partial charge in [-0.2, -0.15) is 0 Å². The Morgan fingerprint density at radius 1 is 1.38 bits per heavy atom. The number of aromatic nitrogens is 2. The molecule has 0 saturated carbocycles. The molecular weight excluding hydrogens is 198 g/mol. The van der Waals surface area contributed by atoms with Crippen LogP contribution in [0.15, 0.2) is 35.6 Å². The number of hydrogen-bond donors (Lipinski definition) is 0. The molecule has 0 radical (unpaired) electrons. The second kappa shape index (κ2) is 4.31. The summed E-state index contributed by atoms with van der Waals surface area (Å²) >= 11 is 0. The second-order valence-corrected chi connectivity index (χ2v) is 3.85. The molecule has 0 spiro atoms. The summed E-state index contributed by atoms with van der Waals surface area (Å²) in [5, 5.41) is 0. The Hall–Kier alpha value is -1.90. The number of hydrogen-bond acceptors (Lipinski definition) is 2. The molecule has 0 aliphatic carbocycles. The van der Waals surface area contributed by atoms with Gasteiger partial charge >= 0.3 is 0 Å². The maximum atomic E-state index is 4.39. The van der Waals surface area contributed by atoms with E-state index in [1.165, 1.54) is 11.4 Å². The molecule has 0 aromatic carbocycles. The van der Waals surface area contributed by atoms with Gasteiger partial charge in [-0.3, -0.25) is 9.98 Å². The minimum atomic E-state index is 0.878. The first-order chi connectivity index (χ1) is 7.68. The molecule has 0 saturated heterocycles. The van der Waals surface area contributed by atoms with E-state index in [1.54, 1.807) is 12.4 Å². The Bertz CT molecular complexity index is 509. The van der Waals surface area contributed by atoms with Gasteiger partial charge in [0.25, 0.3) is 0 Å². The van der Waals surface area contributed by atoms with Gasteiger partial charge in [0.1, 0.15) is 0 Å². The van der Waals surface area contributed by atoms with Gasteiger partial charge in [-0.05, 0) is 32.0 Å². The monoisotopic (exact) mass is 213 g/mol. The molecule has 0 unspecified atom stereocenters. The molecule has 3 heteroatoms. The van der Waals surface area contributed by atoms with Crippen LogP contribution >= 0.6 is 0 Å². The Morgan fingerprint density at radius 2 is 2.19 bits per heavy atom. The molecule has 0 aliphatic rings. The van der Waals surface area contributed by atoms with E-state index in [9.17, 15) is 0 Å². The molecule has 0 bridgehead atoms. The standard InChI is InChI=1S/C13H15N3/c1-10-7-12(11(2)16(10)3)8-15-13-5-4-6-14-9-13/h4-9H,1-3H3. The maximum Gasteiger partial charge on any atom is 0.0813 e. The maximum absolute atomic E-state index is 4.39. The van der Waals surface area contributed by atoms with Crippen LogP contribution in [-0.2, 0) is 7.05 Å². The van der Waals surface area contributed by atoms with Gasteiger partial charge < -0.3 is 4.57 Å². The highest BCUT2D eigenvalue weighted by Crippen LogP contribution is 2.13. The van der Waals surface area contributed by atoms with E-state index in [1.807, 2.05) is 18.3 Å². The predicted molar refractivity (Wildman–Crippen MR) is 66.4 cm³/mol. The lowest BCUT2D eigenvalue weighted by atomic mass is 10.2. The molecule has 16 heavy (non-hydrogen) atoms. The molecule has 0 N–H and O–H groups in total. The normalized spacial score (nSPS) is 11.2. The van der Waals surface area contributed by atoms with E-state index in [-0.39, 0.29) is 0 Å². The van der Waals surface area contributed by atoms with Crippen LogP contribution in [0.4, 0.5) is 5.69 Å². The molecule has 0 atom stereocenters. The van der Waals surface area contributed by atoms with E-state index in [4.69, 9.17) is 0 Å². The van der Waals surface area contributed by atoms with Crippen LogP contribution in [0.2, 0.25) is 0 Å². The lowest BCUT2D eigenvalue weighted by molar-refractivity contribution is 0.843. The molecule has 0 aliphatic heterocycles. The van der Waals surface area contributed by atoms with Crippen LogP contribution in [0.25, 0.3) is 0 Å². The molecular formula is C13H15N3. The highest BCUT2D eigenvalue weighted by atomic mass is 14.9. The fraction of sp³-hybridized carbons (Fsp3) is 0.231. The summed E-state index contributed by atoms with van der Waals surface area (Å²) < 4.78 is 2.16. The number of pyridine rings is 1. The number of nitrogens with zero attached hydrogens (tertiary/aromatic N) is 3. The Morgan fingerprint density at radius 3 is 2.75 bits per heavy atom. The topological polar surface area (TPSA) is 30.2 Å². The van der Waals surface area contributed by atoms with E-state index in [0.717, 1.165) is 11.3 Å². The third kappa shape index (κ3) is 2.03. The van der Waals surface area contributed by atoms with Crippen LogP contribution in [0.3, 0.4) is 0 Å². The largest absolute Gasteiger partial charge is 0.352 e. The van der Waals surface area contributed by atoms with Gasteiger partial charge in [-0.15, -0.1) is 0 Å². The van der Waals surface area contributed by atoms with Gasteiger partial charge in [-0.1, -0.05) is 0 Å². The zero-order chi connectivity index (χ0) is 11.5. The summed E-state index contributed by atoms with van der Waals surface area (Å²) in [6, 6.07) is 5.96. The minimum Gasteiger partial charge on any atom is -0.352 e. The van der Waals surface area contributed by atoms with E-state index >= 15 is 0 Å². The number of aliphatic imine (C=N–C) groups is 1. The lowest BCUT2D eigenvalue weighted by Gasteiger charge is -1.98. The van der Waals surface area contributed by atoms with Gasteiger partial charge in [-0.25, -0.2) is 0 Å². The third-order valence-electron chi connectivity index (χ3n) is 2.81. The quantitative estimate of drug-likeness (QED) is 0.705. The van der Waals surface area contributed by atoms with Crippen molar-refractivity contribution in [1.29, 1.82) is 0 Å². The van der Waals surface area contributed by atoms with Crippen LogP contribution < -0.4 is 0 Å². The van der Waals surface area contributed by atoms with Crippen LogP contribution in [-0.4, -0.2) is 15.8 Å². The van der Waals surface area contributed by atoms with Crippen molar-refractivity contribution in [3.05, 3.63) is 47.5 Å². The zero-order valence-corrected chi connectivity index (χ0v) is 9.81. The summed E-state index contributed by atoms with van der Waals surface area (Å²) in [7, 11) is 2.06. The molecule has 0 amide bonds. The molecule has 2 heterocycles. The lowest BCUT2D eigenvalue weighted by Crippen LogP contribution is -1.93. The van der Waals surface area contributed by atoms with Gasteiger partial charge in [0.2, 0.25) is 0 Å². The van der Waals surface area contributed by atoms with Crippen molar-refractivity contribution < 1.29 is 0 Å². The minimum absolute atomic E-state index is 0.878. The summed E-state index contributed by atoms with van der Waals surface area (Å²) in [6.07, 6.45) is 5.39. The first kappa shape index (κ1) is 10.6. The van der Waals surface area contributed by atoms with Crippen molar-refractivity contribution in [3.8, 4) is 0 Å². The van der Waals surface area contributed by atoms with Crippen LogP contribution in [0.5, 0.6) is 0 Å². The fourth-order valence-corrected chi connectivity index (χ4v) is 1.59. The van der Waals surface area contributed by atoms with Crippen LogP contribution in [0, 0.1) is 13.8 Å². The molecule has 0 fully saturated rings. The Balaban J connectivity index is 2.28. The zero-order valence-electron chi connectivity index (χ0n) is 9.81. The Kier molecular flexibility index (Phi) is 2.86. The van der Waals surface area contributed by atoms with E-state index < -0.39 is 0 Å². The van der Waals surface area contributed by atoms with Crippen molar-refractivity contribution in [1.82, 2.24) is 9.55 Å². The molecule has 82 valence electrons. The van der Waals surface area contributed by atoms with Crippen molar-refractivity contribution >= 4 is 11.9 Å². The SMILES string of the molecule is Cc1cc(C=Nc2cccnc2)c(C)n1C. The van der Waals surface area contributed by atoms with Gasteiger partial charge in [0.15, 0.2) is 0 Å². The Labute approximate surface area is 95.5 Å². The molecule has 2 aromatic rings. The molecule has 2 rings (SSSR count). The number of rotatable bonds is 2. The van der Waals surface area contributed by atoms with E-state index in [2.05, 4.69) is 41.5 Å². The predicted octanol–water partition coefficient (Wildman–Crippen LogP) is 2.79. The fourth-order valence-electron chi connectivity index (χ4n) is 1.59. The highest BCUT2D eigenvalue weighted by Gasteiger charge is 2.02. The van der Waals surface area contributed by atoms with Gasteiger partial charge in [0.05, 0.1) is 11.9 Å². The summed E-state index contributed by atoms with van der Waals surface area (Å²) in [4.78, 5) is 8.41. The molecule has 3 nitrogen and oxygen atoms in total. The van der Waals surface area contributed by atoms with Crippen molar-refractivity contribution in [3.63, 3.8) is 0 Å². The highest BCUT2D eigenvalue weighted by molar-refractivity contribution is 5.83. The average molecular weight is 213 g/mol.